The predicted octanol–water partition coefficient (Wildman–Crippen LogP) is 3.15. The lowest BCUT2D eigenvalue weighted by Gasteiger charge is -2.05. The lowest BCUT2D eigenvalue weighted by molar-refractivity contribution is -0.124. The average Bonchev–Trinajstić information content (AvgIpc) is 3.13. The van der Waals surface area contributed by atoms with Crippen LogP contribution in [0.3, 0.4) is 0 Å². The second-order valence-electron chi connectivity index (χ2n) is 5.04. The van der Waals surface area contributed by atoms with Crippen molar-refractivity contribution in [1.82, 2.24) is 5.01 Å². The maximum absolute atomic E-state index is 11.6. The third-order valence-corrected chi connectivity index (χ3v) is 4.73. The molecule has 0 unspecified atom stereocenters. The van der Waals surface area contributed by atoms with Gasteiger partial charge in [0, 0.05) is 5.56 Å². The van der Waals surface area contributed by atoms with Gasteiger partial charge in [0.25, 0.3) is 5.91 Å². The number of aryl methyl sites for hydroxylation is 1. The zero-order valence-electron chi connectivity index (χ0n) is 12.6. The van der Waals surface area contributed by atoms with E-state index in [1.165, 1.54) is 29.1 Å². The van der Waals surface area contributed by atoms with E-state index in [-0.39, 0.29) is 11.5 Å². The molecule has 3 rings (SSSR count). The largest absolute Gasteiger partial charge is 0.478 e. The molecule has 0 spiro atoms. The van der Waals surface area contributed by atoms with Gasteiger partial charge in [0.2, 0.25) is 0 Å². The molecule has 2 heterocycles. The number of carbonyl (C=O) groups is 2. The summed E-state index contributed by atoms with van der Waals surface area (Å²) in [7, 11) is 0. The van der Waals surface area contributed by atoms with Gasteiger partial charge >= 0.3 is 5.97 Å². The number of thioether (sulfide) groups is 1. The molecular weight excluding hydrogens is 348 g/mol. The quantitative estimate of drug-likeness (QED) is 0.666. The molecule has 1 aliphatic heterocycles. The topological polar surface area (TPSA) is 83.1 Å². The number of carboxylic acid groups (broad SMARTS) is 1. The van der Waals surface area contributed by atoms with Crippen LogP contribution < -0.4 is 0 Å². The molecule has 1 amide bonds. The minimum absolute atomic E-state index is 0.159. The van der Waals surface area contributed by atoms with E-state index in [1.807, 2.05) is 6.92 Å². The third-order valence-electron chi connectivity index (χ3n) is 3.39. The number of furan rings is 1. The predicted molar refractivity (Wildman–Crippen MR) is 95.3 cm³/mol. The average molecular weight is 360 g/mol. The zero-order valence-corrected chi connectivity index (χ0v) is 14.2. The summed E-state index contributed by atoms with van der Waals surface area (Å²) < 4.78 is 6.12. The second-order valence-corrected chi connectivity index (χ2v) is 6.65. The first kappa shape index (κ1) is 16.4. The highest BCUT2D eigenvalue weighted by Gasteiger charge is 2.26. The van der Waals surface area contributed by atoms with Crippen LogP contribution in [0.1, 0.15) is 21.7 Å². The molecule has 1 aromatic heterocycles. The third kappa shape index (κ3) is 3.24. The lowest BCUT2D eigenvalue weighted by atomic mass is 10.0. The normalized spacial score (nSPS) is 14.8. The van der Waals surface area contributed by atoms with Gasteiger partial charge < -0.3 is 9.52 Å². The Hall–Kier alpha value is -2.45. The van der Waals surface area contributed by atoms with Gasteiger partial charge in [-0.1, -0.05) is 30.0 Å². The van der Waals surface area contributed by atoms with Gasteiger partial charge in [0.1, 0.15) is 11.5 Å². The highest BCUT2D eigenvalue weighted by Crippen LogP contribution is 2.26. The number of nitrogens with zero attached hydrogens (tertiary/aromatic N) is 2. The first-order chi connectivity index (χ1) is 11.5. The van der Waals surface area contributed by atoms with Gasteiger partial charge in [-0.2, -0.15) is 10.1 Å². The Kier molecular flexibility index (Phi) is 4.50. The Labute approximate surface area is 147 Å². The van der Waals surface area contributed by atoms with Crippen LogP contribution >= 0.6 is 24.0 Å². The number of hydrazone groups is 1. The van der Waals surface area contributed by atoms with Gasteiger partial charge in [0.15, 0.2) is 4.32 Å². The highest BCUT2D eigenvalue weighted by atomic mass is 32.2. The smallest absolute Gasteiger partial charge is 0.335 e. The van der Waals surface area contributed by atoms with Crippen molar-refractivity contribution in [2.45, 2.75) is 6.92 Å². The number of hydrogen-bond acceptors (Lipinski definition) is 6. The number of thiocarbonyl (C=S) groups is 1. The van der Waals surface area contributed by atoms with Crippen molar-refractivity contribution < 1.29 is 19.1 Å². The molecule has 0 bridgehead atoms. The summed E-state index contributed by atoms with van der Waals surface area (Å²) in [5.74, 6) is 0.235. The van der Waals surface area contributed by atoms with Gasteiger partial charge in [0.05, 0.1) is 17.5 Å². The molecule has 122 valence electrons. The molecule has 1 N–H and O–H groups in total. The highest BCUT2D eigenvalue weighted by molar-refractivity contribution is 8.23. The summed E-state index contributed by atoms with van der Waals surface area (Å²) in [4.78, 5) is 22.6. The van der Waals surface area contributed by atoms with Gasteiger partial charge in [-0.25, -0.2) is 4.79 Å². The van der Waals surface area contributed by atoms with Gasteiger partial charge in [-0.15, -0.1) is 0 Å². The van der Waals surface area contributed by atoms with E-state index in [0.29, 0.717) is 21.6 Å². The Bertz CT molecular complexity index is 857. The van der Waals surface area contributed by atoms with Crippen molar-refractivity contribution in [3.63, 3.8) is 0 Å². The number of benzene rings is 1. The summed E-state index contributed by atoms with van der Waals surface area (Å²) in [6, 6.07) is 8.31. The second kappa shape index (κ2) is 6.58. The van der Waals surface area contributed by atoms with Crippen LogP contribution in [-0.4, -0.2) is 38.3 Å². The summed E-state index contributed by atoms with van der Waals surface area (Å²) in [5.41, 5.74) is 1.81. The standard InChI is InChI=1S/C16H12N2O4S2/c1-9-6-10(15(20)21)2-4-12(9)13-5-3-11(22-13)7-17-18-14(19)8-24-16(18)23/h2-7H,8H2,1H3,(H,20,21)/b17-7-. The Balaban J connectivity index is 1.82. The van der Waals surface area contributed by atoms with Crippen molar-refractivity contribution in [2.75, 3.05) is 5.75 Å². The first-order valence-electron chi connectivity index (χ1n) is 6.93. The maximum atomic E-state index is 11.6. The Morgan fingerprint density at radius 2 is 2.21 bits per heavy atom. The van der Waals surface area contributed by atoms with E-state index in [9.17, 15) is 9.59 Å². The molecule has 6 nitrogen and oxygen atoms in total. The van der Waals surface area contributed by atoms with E-state index >= 15 is 0 Å². The van der Waals surface area contributed by atoms with Crippen LogP contribution in [0.5, 0.6) is 0 Å². The Morgan fingerprint density at radius 1 is 1.42 bits per heavy atom. The fraction of sp³-hybridized carbons (Fsp3) is 0.125. The lowest BCUT2D eigenvalue weighted by Crippen LogP contribution is -2.22. The van der Waals surface area contributed by atoms with Crippen LogP contribution in [0.15, 0.2) is 39.9 Å². The molecule has 2 aromatic rings. The molecule has 1 fully saturated rings. The van der Waals surface area contributed by atoms with Crippen molar-refractivity contribution in [2.24, 2.45) is 5.10 Å². The van der Waals surface area contributed by atoms with Crippen LogP contribution in [-0.2, 0) is 4.79 Å². The van der Waals surface area contributed by atoms with Gasteiger partial charge in [-0.3, -0.25) is 4.79 Å². The molecule has 0 aliphatic carbocycles. The molecule has 1 aliphatic rings. The SMILES string of the molecule is Cc1cc(C(=O)O)ccc1-c1ccc(/C=N\N2C(=O)CSC2=S)o1. The van der Waals surface area contributed by atoms with E-state index in [2.05, 4.69) is 5.10 Å². The maximum Gasteiger partial charge on any atom is 0.335 e. The molecule has 8 heteroatoms. The summed E-state index contributed by atoms with van der Waals surface area (Å²) in [6.45, 7) is 1.82. The van der Waals surface area contributed by atoms with Crippen LogP contribution in [0.4, 0.5) is 0 Å². The van der Waals surface area contributed by atoms with E-state index in [4.69, 9.17) is 21.7 Å². The number of aromatic carboxylic acids is 1. The van der Waals surface area contributed by atoms with E-state index < -0.39 is 5.97 Å². The number of hydrogen-bond donors (Lipinski definition) is 1. The molecule has 1 aromatic carbocycles. The summed E-state index contributed by atoms with van der Waals surface area (Å²) >= 11 is 6.31. The fourth-order valence-electron chi connectivity index (χ4n) is 2.21. The van der Waals surface area contributed by atoms with Crippen molar-refractivity contribution in [3.05, 3.63) is 47.2 Å². The van der Waals surface area contributed by atoms with Crippen LogP contribution in [0, 0.1) is 6.92 Å². The molecular formula is C16H12N2O4S2. The first-order valence-corrected chi connectivity index (χ1v) is 8.33. The molecule has 0 atom stereocenters. The summed E-state index contributed by atoms with van der Waals surface area (Å²) in [5, 5.41) is 14.2. The molecule has 0 radical (unpaired) electrons. The Morgan fingerprint density at radius 3 is 2.83 bits per heavy atom. The van der Waals surface area contributed by atoms with Crippen molar-refractivity contribution >= 4 is 46.4 Å². The number of carbonyl (C=O) groups excluding carboxylic acids is 1. The zero-order chi connectivity index (χ0) is 17.3. The van der Waals surface area contributed by atoms with Crippen molar-refractivity contribution in [3.8, 4) is 11.3 Å². The number of carboxylic acids is 1. The molecule has 0 saturated carbocycles. The van der Waals surface area contributed by atoms with E-state index in [1.54, 1.807) is 24.3 Å². The molecule has 24 heavy (non-hydrogen) atoms. The van der Waals surface area contributed by atoms with Crippen molar-refractivity contribution in [1.29, 1.82) is 0 Å². The minimum Gasteiger partial charge on any atom is -0.478 e. The fourth-order valence-corrected chi connectivity index (χ4v) is 3.18. The monoisotopic (exact) mass is 360 g/mol. The van der Waals surface area contributed by atoms with E-state index in [0.717, 1.165) is 11.1 Å². The van der Waals surface area contributed by atoms with Crippen LogP contribution in [0.2, 0.25) is 0 Å². The molecule has 1 saturated heterocycles. The number of amides is 1. The van der Waals surface area contributed by atoms with Gasteiger partial charge in [-0.05, 0) is 36.8 Å². The minimum atomic E-state index is -0.971. The van der Waals surface area contributed by atoms with Crippen LogP contribution in [0.25, 0.3) is 11.3 Å². The summed E-state index contributed by atoms with van der Waals surface area (Å²) in [6.07, 6.45) is 1.43. The number of rotatable bonds is 4.